The molecule has 136 valence electrons. The first-order valence-electron chi connectivity index (χ1n) is 8.70. The Morgan fingerprint density at radius 3 is 2.75 bits per heavy atom. The van der Waals surface area contributed by atoms with Gasteiger partial charge in [-0.1, -0.05) is 0 Å². The van der Waals surface area contributed by atoms with Gasteiger partial charge in [-0.25, -0.2) is 4.98 Å². The molecule has 0 spiro atoms. The van der Waals surface area contributed by atoms with Crippen molar-refractivity contribution in [1.29, 1.82) is 0 Å². The van der Waals surface area contributed by atoms with Crippen LogP contribution < -0.4 is 10.6 Å². The molecular weight excluding hydrogens is 308 g/mol. The predicted octanol–water partition coefficient (Wildman–Crippen LogP) is 0.856. The van der Waals surface area contributed by atoms with Crippen LogP contribution in [-0.4, -0.2) is 62.2 Å². The Hall–Kier alpha value is -1.44. The summed E-state index contributed by atoms with van der Waals surface area (Å²) in [6.07, 6.45) is 2.19. The highest BCUT2D eigenvalue weighted by atomic mass is 16.5. The highest BCUT2D eigenvalue weighted by Gasteiger charge is 2.21. The van der Waals surface area contributed by atoms with Crippen LogP contribution in [-0.2, 0) is 16.1 Å². The number of hydrogen-bond donors (Lipinski definition) is 2. The van der Waals surface area contributed by atoms with Crippen molar-refractivity contribution in [3.05, 3.63) is 17.3 Å². The summed E-state index contributed by atoms with van der Waals surface area (Å²) in [5.41, 5.74) is 0.974. The third kappa shape index (κ3) is 6.22. The van der Waals surface area contributed by atoms with Crippen molar-refractivity contribution in [3.8, 4) is 0 Å². The number of aryl methyl sites for hydroxylation is 2. The first-order chi connectivity index (χ1) is 11.6. The van der Waals surface area contributed by atoms with E-state index in [0.717, 1.165) is 56.4 Å². The molecule has 0 radical (unpaired) electrons. The topological polar surface area (TPSA) is 79.6 Å². The van der Waals surface area contributed by atoms with E-state index in [-0.39, 0.29) is 5.91 Å². The van der Waals surface area contributed by atoms with E-state index >= 15 is 0 Å². The fourth-order valence-corrected chi connectivity index (χ4v) is 2.84. The number of rotatable bonds is 9. The molecule has 2 heterocycles. The first-order valence-corrected chi connectivity index (χ1v) is 8.70. The lowest BCUT2D eigenvalue weighted by Gasteiger charge is -2.31. The van der Waals surface area contributed by atoms with E-state index in [2.05, 4.69) is 20.5 Å². The van der Waals surface area contributed by atoms with Gasteiger partial charge < -0.3 is 19.8 Å². The summed E-state index contributed by atoms with van der Waals surface area (Å²) in [7, 11) is 1.65. The van der Waals surface area contributed by atoms with Crippen LogP contribution in [0.15, 0.2) is 4.42 Å². The van der Waals surface area contributed by atoms with E-state index in [4.69, 9.17) is 9.15 Å². The van der Waals surface area contributed by atoms with Gasteiger partial charge in [0.15, 0.2) is 0 Å². The molecule has 0 bridgehead atoms. The number of piperidine rings is 1. The molecule has 1 fully saturated rings. The van der Waals surface area contributed by atoms with Crippen LogP contribution in [0.1, 0.15) is 30.2 Å². The number of hydrogen-bond acceptors (Lipinski definition) is 6. The van der Waals surface area contributed by atoms with E-state index in [0.29, 0.717) is 25.6 Å². The third-order valence-corrected chi connectivity index (χ3v) is 4.50. The van der Waals surface area contributed by atoms with Gasteiger partial charge >= 0.3 is 0 Å². The number of oxazole rings is 1. The minimum absolute atomic E-state index is 0.0549. The van der Waals surface area contributed by atoms with Gasteiger partial charge in [0.25, 0.3) is 0 Å². The molecule has 24 heavy (non-hydrogen) atoms. The van der Waals surface area contributed by atoms with Crippen LogP contribution in [0.2, 0.25) is 0 Å². The average Bonchev–Trinajstić information content (AvgIpc) is 2.88. The smallest absolute Gasteiger partial charge is 0.233 e. The Bertz CT molecular complexity index is 490. The van der Waals surface area contributed by atoms with Crippen LogP contribution in [0.25, 0.3) is 0 Å². The molecule has 0 atom stereocenters. The molecule has 1 amide bonds. The zero-order chi connectivity index (χ0) is 17.4. The van der Waals surface area contributed by atoms with E-state index in [9.17, 15) is 4.79 Å². The maximum absolute atomic E-state index is 11.7. The van der Waals surface area contributed by atoms with E-state index < -0.39 is 0 Å². The molecule has 7 heteroatoms. The number of aromatic nitrogens is 1. The van der Waals surface area contributed by atoms with Gasteiger partial charge in [0.2, 0.25) is 11.8 Å². The van der Waals surface area contributed by atoms with Gasteiger partial charge in [0.1, 0.15) is 5.76 Å². The minimum Gasteiger partial charge on any atom is -0.444 e. The highest BCUT2D eigenvalue weighted by Crippen LogP contribution is 2.19. The molecule has 1 aromatic heterocycles. The van der Waals surface area contributed by atoms with E-state index in [1.165, 1.54) is 0 Å². The molecule has 2 rings (SSSR count). The Kier molecular flexibility index (Phi) is 7.68. The Balaban J connectivity index is 1.59. The summed E-state index contributed by atoms with van der Waals surface area (Å²) in [5, 5.41) is 6.07. The lowest BCUT2D eigenvalue weighted by molar-refractivity contribution is -0.120. The van der Waals surface area contributed by atoms with Crippen molar-refractivity contribution in [3.63, 3.8) is 0 Å². The molecular formula is C17H30N4O3. The van der Waals surface area contributed by atoms with Crippen LogP contribution in [0.4, 0.5) is 0 Å². The summed E-state index contributed by atoms with van der Waals surface area (Å²) in [5.74, 6) is 2.32. The Labute approximate surface area is 144 Å². The highest BCUT2D eigenvalue weighted by molar-refractivity contribution is 5.77. The SMILES string of the molecule is COCCNCC(=O)NCC1CCN(Cc2nc(C)c(C)o2)CC1. The summed E-state index contributed by atoms with van der Waals surface area (Å²) in [4.78, 5) is 18.6. The third-order valence-electron chi connectivity index (χ3n) is 4.50. The second kappa shape index (κ2) is 9.76. The second-order valence-corrected chi connectivity index (χ2v) is 6.44. The predicted molar refractivity (Wildman–Crippen MR) is 91.7 cm³/mol. The van der Waals surface area contributed by atoms with Gasteiger partial charge in [-0.15, -0.1) is 0 Å². The fourth-order valence-electron chi connectivity index (χ4n) is 2.84. The van der Waals surface area contributed by atoms with Crippen molar-refractivity contribution < 1.29 is 13.9 Å². The molecule has 0 aliphatic carbocycles. The molecule has 0 saturated carbocycles. The molecule has 2 N–H and O–H groups in total. The number of carbonyl (C=O) groups excluding carboxylic acids is 1. The van der Waals surface area contributed by atoms with Crippen molar-refractivity contribution in [2.24, 2.45) is 5.92 Å². The van der Waals surface area contributed by atoms with Crippen LogP contribution in [0, 0.1) is 19.8 Å². The number of methoxy groups -OCH3 is 1. The van der Waals surface area contributed by atoms with E-state index in [1.54, 1.807) is 7.11 Å². The summed E-state index contributed by atoms with van der Waals surface area (Å²) >= 11 is 0. The quantitative estimate of drug-likeness (QED) is 0.650. The Morgan fingerprint density at radius 2 is 2.12 bits per heavy atom. The normalized spacial score (nSPS) is 16.5. The maximum Gasteiger partial charge on any atom is 0.233 e. The van der Waals surface area contributed by atoms with Crippen molar-refractivity contribution >= 4 is 5.91 Å². The molecule has 1 saturated heterocycles. The number of nitrogens with one attached hydrogen (secondary N) is 2. The van der Waals surface area contributed by atoms with Gasteiger partial charge in [-0.2, -0.15) is 0 Å². The largest absolute Gasteiger partial charge is 0.444 e. The lowest BCUT2D eigenvalue weighted by Crippen LogP contribution is -2.41. The fraction of sp³-hybridized carbons (Fsp3) is 0.765. The monoisotopic (exact) mass is 338 g/mol. The van der Waals surface area contributed by atoms with Crippen LogP contribution >= 0.6 is 0 Å². The number of nitrogens with zero attached hydrogens (tertiary/aromatic N) is 2. The van der Waals surface area contributed by atoms with Crippen LogP contribution in [0.5, 0.6) is 0 Å². The van der Waals surface area contributed by atoms with Gasteiger partial charge in [-0.3, -0.25) is 9.69 Å². The van der Waals surface area contributed by atoms with Gasteiger partial charge in [0.05, 0.1) is 25.4 Å². The number of likely N-dealkylation sites (tertiary alicyclic amines) is 1. The number of carbonyl (C=O) groups is 1. The van der Waals surface area contributed by atoms with Crippen molar-refractivity contribution in [2.45, 2.75) is 33.2 Å². The minimum atomic E-state index is 0.0549. The second-order valence-electron chi connectivity index (χ2n) is 6.44. The average molecular weight is 338 g/mol. The van der Waals surface area contributed by atoms with Gasteiger partial charge in [0, 0.05) is 20.2 Å². The Morgan fingerprint density at radius 1 is 1.38 bits per heavy atom. The zero-order valence-corrected chi connectivity index (χ0v) is 15.1. The van der Waals surface area contributed by atoms with Crippen molar-refractivity contribution in [1.82, 2.24) is 20.5 Å². The first kappa shape index (κ1) is 18.9. The zero-order valence-electron chi connectivity index (χ0n) is 15.1. The molecule has 0 aromatic carbocycles. The molecule has 1 aliphatic heterocycles. The number of amides is 1. The molecule has 7 nitrogen and oxygen atoms in total. The molecule has 1 aliphatic rings. The summed E-state index contributed by atoms with van der Waals surface area (Å²) < 4.78 is 10.6. The van der Waals surface area contributed by atoms with Crippen LogP contribution in [0.3, 0.4) is 0 Å². The number of ether oxygens (including phenoxy) is 1. The molecule has 1 aromatic rings. The standard InChI is InChI=1S/C17H30N4O3/c1-13-14(2)24-17(20-13)12-21-7-4-15(5-8-21)10-19-16(22)11-18-6-9-23-3/h15,18H,4-12H2,1-3H3,(H,19,22). The van der Waals surface area contributed by atoms with Gasteiger partial charge in [-0.05, 0) is 45.7 Å². The molecule has 0 unspecified atom stereocenters. The summed E-state index contributed by atoms with van der Waals surface area (Å²) in [6.45, 7) is 9.17. The van der Waals surface area contributed by atoms with Crippen molar-refractivity contribution in [2.75, 3.05) is 46.4 Å². The van der Waals surface area contributed by atoms with E-state index in [1.807, 2.05) is 13.8 Å². The summed E-state index contributed by atoms with van der Waals surface area (Å²) in [6, 6.07) is 0. The lowest BCUT2D eigenvalue weighted by atomic mass is 9.97. The maximum atomic E-state index is 11.7.